The van der Waals surface area contributed by atoms with E-state index < -0.39 is 10.0 Å². The number of alkyl halides is 1. The van der Waals surface area contributed by atoms with Crippen LogP contribution in [0.15, 0.2) is 0 Å². The molecule has 0 aromatic heterocycles. The number of hydrogen-bond acceptors (Lipinski definition) is 3. The van der Waals surface area contributed by atoms with Crippen LogP contribution < -0.4 is 0 Å². The van der Waals surface area contributed by atoms with Gasteiger partial charge >= 0.3 is 0 Å². The topological polar surface area (TPSA) is 46.6 Å². The molecule has 6 heteroatoms. The third-order valence-electron chi connectivity index (χ3n) is 2.18. The molecule has 78 valence electrons. The van der Waals surface area contributed by atoms with E-state index in [0.717, 1.165) is 12.8 Å². The summed E-state index contributed by atoms with van der Waals surface area (Å²) < 4.78 is 29.2. The molecule has 1 aliphatic heterocycles. The fourth-order valence-electron chi connectivity index (χ4n) is 1.60. The average Bonchev–Trinajstić information content (AvgIpc) is 2.54. The fraction of sp³-hybridized carbons (Fsp3) is 1.00. The Morgan fingerprint density at radius 3 is 2.85 bits per heavy atom. The van der Waals surface area contributed by atoms with E-state index >= 15 is 0 Å². The first-order valence-corrected chi connectivity index (χ1v) is 6.30. The van der Waals surface area contributed by atoms with Crippen LogP contribution in [0, 0.1) is 0 Å². The molecule has 1 fully saturated rings. The Labute approximate surface area is 83.9 Å². The normalized spacial score (nSPS) is 25.2. The van der Waals surface area contributed by atoms with Gasteiger partial charge in [-0.15, -0.1) is 11.6 Å². The van der Waals surface area contributed by atoms with Crippen LogP contribution in [0.1, 0.15) is 12.8 Å². The van der Waals surface area contributed by atoms with E-state index in [1.54, 1.807) is 7.11 Å². The number of hydrogen-bond donors (Lipinski definition) is 0. The molecule has 1 atom stereocenters. The second kappa shape index (κ2) is 4.59. The first-order chi connectivity index (χ1) is 6.11. The SMILES string of the molecule is COCC1CCCN1S(=O)(=O)CCl. The smallest absolute Gasteiger partial charge is 0.228 e. The van der Waals surface area contributed by atoms with Crippen LogP contribution >= 0.6 is 11.6 Å². The molecule has 0 saturated carbocycles. The zero-order valence-corrected chi connectivity index (χ0v) is 9.14. The van der Waals surface area contributed by atoms with Crippen LogP contribution in [0.3, 0.4) is 0 Å². The number of sulfonamides is 1. The van der Waals surface area contributed by atoms with Gasteiger partial charge in [-0.1, -0.05) is 0 Å². The van der Waals surface area contributed by atoms with Crippen molar-refractivity contribution in [1.82, 2.24) is 4.31 Å². The molecule has 1 rings (SSSR count). The molecule has 0 aromatic rings. The lowest BCUT2D eigenvalue weighted by atomic mass is 10.2. The van der Waals surface area contributed by atoms with E-state index in [9.17, 15) is 8.42 Å². The minimum Gasteiger partial charge on any atom is -0.383 e. The maximum atomic E-state index is 11.4. The van der Waals surface area contributed by atoms with Gasteiger partial charge in [0.05, 0.1) is 6.61 Å². The number of halogens is 1. The first-order valence-electron chi connectivity index (χ1n) is 4.16. The molecule has 0 aliphatic carbocycles. The van der Waals surface area contributed by atoms with Crippen molar-refractivity contribution < 1.29 is 13.2 Å². The van der Waals surface area contributed by atoms with Crippen molar-refractivity contribution >= 4 is 21.6 Å². The fourth-order valence-corrected chi connectivity index (χ4v) is 3.13. The van der Waals surface area contributed by atoms with Crippen LogP contribution in [0.4, 0.5) is 0 Å². The Balaban J connectivity index is 2.68. The molecule has 1 unspecified atom stereocenters. The summed E-state index contributed by atoms with van der Waals surface area (Å²) in [5, 5.41) is -0.340. The Hall–Kier alpha value is 0.160. The lowest BCUT2D eigenvalue weighted by Gasteiger charge is -2.21. The molecule has 0 bridgehead atoms. The summed E-state index contributed by atoms with van der Waals surface area (Å²) in [7, 11) is -1.68. The highest BCUT2D eigenvalue weighted by molar-refractivity contribution is 7.90. The van der Waals surface area contributed by atoms with Crippen LogP contribution in [0.5, 0.6) is 0 Å². The minimum absolute atomic E-state index is 0.0197. The van der Waals surface area contributed by atoms with Gasteiger partial charge in [-0.2, -0.15) is 4.31 Å². The summed E-state index contributed by atoms with van der Waals surface area (Å²) in [5.41, 5.74) is 0. The predicted octanol–water partition coefficient (Wildman–Crippen LogP) is 0.623. The van der Waals surface area contributed by atoms with E-state index in [-0.39, 0.29) is 11.3 Å². The van der Waals surface area contributed by atoms with Crippen LogP contribution in [-0.4, -0.2) is 44.2 Å². The molecule has 1 aliphatic rings. The Kier molecular flexibility index (Phi) is 3.97. The van der Waals surface area contributed by atoms with Crippen LogP contribution in [-0.2, 0) is 14.8 Å². The van der Waals surface area contributed by atoms with Gasteiger partial charge in [0.15, 0.2) is 0 Å². The van der Waals surface area contributed by atoms with Gasteiger partial charge in [0.1, 0.15) is 5.21 Å². The summed E-state index contributed by atoms with van der Waals surface area (Å²) in [4.78, 5) is 0. The summed E-state index contributed by atoms with van der Waals surface area (Å²) in [6.45, 7) is 1.03. The quantitative estimate of drug-likeness (QED) is 0.662. The molecule has 4 nitrogen and oxygen atoms in total. The molecule has 0 aromatic carbocycles. The second-order valence-electron chi connectivity index (χ2n) is 3.08. The number of ether oxygens (including phenoxy) is 1. The van der Waals surface area contributed by atoms with E-state index in [1.165, 1.54) is 4.31 Å². The van der Waals surface area contributed by atoms with Gasteiger partial charge in [0, 0.05) is 19.7 Å². The molecule has 1 heterocycles. The van der Waals surface area contributed by atoms with Crippen LogP contribution in [0.2, 0.25) is 0 Å². The monoisotopic (exact) mass is 227 g/mol. The molecule has 0 N–H and O–H groups in total. The molecular weight excluding hydrogens is 214 g/mol. The van der Waals surface area contributed by atoms with E-state index in [0.29, 0.717) is 13.2 Å². The van der Waals surface area contributed by atoms with Crippen LogP contribution in [0.25, 0.3) is 0 Å². The molecule has 0 radical (unpaired) electrons. The summed E-state index contributed by atoms with van der Waals surface area (Å²) >= 11 is 5.37. The third kappa shape index (κ3) is 2.56. The zero-order chi connectivity index (χ0) is 9.90. The predicted molar refractivity (Wildman–Crippen MR) is 51.2 cm³/mol. The number of methoxy groups -OCH3 is 1. The molecule has 0 amide bonds. The van der Waals surface area contributed by atoms with Crippen molar-refractivity contribution in [2.45, 2.75) is 18.9 Å². The molecule has 13 heavy (non-hydrogen) atoms. The van der Waals surface area contributed by atoms with Crippen molar-refractivity contribution in [3.63, 3.8) is 0 Å². The highest BCUT2D eigenvalue weighted by Gasteiger charge is 2.33. The maximum Gasteiger partial charge on any atom is 0.228 e. The zero-order valence-electron chi connectivity index (χ0n) is 7.57. The van der Waals surface area contributed by atoms with Crippen molar-refractivity contribution in [2.75, 3.05) is 25.5 Å². The van der Waals surface area contributed by atoms with E-state index in [4.69, 9.17) is 16.3 Å². The molecule has 0 spiro atoms. The maximum absolute atomic E-state index is 11.4. The van der Waals surface area contributed by atoms with Crippen molar-refractivity contribution in [3.05, 3.63) is 0 Å². The summed E-state index contributed by atoms with van der Waals surface area (Å²) in [6, 6.07) is -0.0197. The minimum atomic E-state index is -3.25. The van der Waals surface area contributed by atoms with Gasteiger partial charge in [-0.25, -0.2) is 8.42 Å². The molecule has 1 saturated heterocycles. The van der Waals surface area contributed by atoms with Gasteiger partial charge < -0.3 is 4.74 Å². The molecular formula is C7H14ClNO3S. The first kappa shape index (κ1) is 11.2. The van der Waals surface area contributed by atoms with Gasteiger partial charge in [-0.05, 0) is 12.8 Å². The average molecular weight is 228 g/mol. The Morgan fingerprint density at radius 1 is 1.62 bits per heavy atom. The highest BCUT2D eigenvalue weighted by Crippen LogP contribution is 2.21. The highest BCUT2D eigenvalue weighted by atomic mass is 35.5. The van der Waals surface area contributed by atoms with Gasteiger partial charge in [-0.3, -0.25) is 0 Å². The van der Waals surface area contributed by atoms with Crippen molar-refractivity contribution in [2.24, 2.45) is 0 Å². The van der Waals surface area contributed by atoms with Crippen molar-refractivity contribution in [1.29, 1.82) is 0 Å². The van der Waals surface area contributed by atoms with Crippen molar-refractivity contribution in [3.8, 4) is 0 Å². The largest absolute Gasteiger partial charge is 0.383 e. The number of rotatable bonds is 4. The second-order valence-corrected chi connectivity index (χ2v) is 5.59. The third-order valence-corrected chi connectivity index (χ3v) is 4.48. The Bertz CT molecular complexity index is 254. The standard InChI is InChI=1S/C7H14ClNO3S/c1-12-5-7-3-2-4-9(7)13(10,11)6-8/h7H,2-6H2,1H3. The van der Waals surface area contributed by atoms with E-state index in [2.05, 4.69) is 0 Å². The Morgan fingerprint density at radius 2 is 2.31 bits per heavy atom. The summed E-state index contributed by atoms with van der Waals surface area (Å²) in [6.07, 6.45) is 1.76. The summed E-state index contributed by atoms with van der Waals surface area (Å²) in [5.74, 6) is 0. The van der Waals surface area contributed by atoms with Gasteiger partial charge in [0.2, 0.25) is 10.0 Å². The lowest BCUT2D eigenvalue weighted by molar-refractivity contribution is 0.149. The van der Waals surface area contributed by atoms with E-state index in [1.807, 2.05) is 0 Å². The number of nitrogens with zero attached hydrogens (tertiary/aromatic N) is 1. The van der Waals surface area contributed by atoms with Gasteiger partial charge in [0.25, 0.3) is 0 Å². The lowest BCUT2D eigenvalue weighted by Crippen LogP contribution is -2.38.